The van der Waals surface area contributed by atoms with Crippen LogP contribution in [-0.4, -0.2) is 18.4 Å². The molecule has 0 aliphatic carbocycles. The minimum atomic E-state index is -0.800. The number of amides is 2. The molecule has 0 aliphatic rings. The van der Waals surface area contributed by atoms with Crippen LogP contribution in [0.3, 0.4) is 0 Å². The molecule has 0 saturated heterocycles. The predicted octanol–water partition coefficient (Wildman–Crippen LogP) is 2.58. The van der Waals surface area contributed by atoms with Crippen molar-refractivity contribution in [2.24, 2.45) is 5.92 Å². The average molecular weight is 287 g/mol. The molecule has 0 radical (unpaired) electrons. The van der Waals surface area contributed by atoms with Crippen LogP contribution in [0.4, 0.5) is 10.1 Å². The van der Waals surface area contributed by atoms with Crippen LogP contribution >= 0.6 is 11.6 Å². The minimum Gasteiger partial charge on any atom is -0.348 e. The molecule has 0 atom stereocenters. The lowest BCUT2D eigenvalue weighted by Crippen LogP contribution is -2.36. The molecular weight excluding hydrogens is 271 g/mol. The molecule has 0 aromatic heterocycles. The third-order valence-corrected chi connectivity index (χ3v) is 2.68. The summed E-state index contributed by atoms with van der Waals surface area (Å²) in [5.74, 6) is -1.66. The smallest absolute Gasteiger partial charge is 0.313 e. The van der Waals surface area contributed by atoms with Crippen molar-refractivity contribution in [2.75, 3.05) is 11.9 Å². The van der Waals surface area contributed by atoms with Gasteiger partial charge in [0, 0.05) is 12.2 Å². The van der Waals surface area contributed by atoms with Gasteiger partial charge in [0.2, 0.25) is 0 Å². The monoisotopic (exact) mass is 286 g/mol. The number of carbonyl (C=O) groups excluding carboxylic acids is 2. The lowest BCUT2D eigenvalue weighted by atomic mass is 10.1. The van der Waals surface area contributed by atoms with Crippen molar-refractivity contribution in [2.45, 2.75) is 20.3 Å². The van der Waals surface area contributed by atoms with E-state index < -0.39 is 17.6 Å². The Morgan fingerprint density at radius 2 is 2.00 bits per heavy atom. The van der Waals surface area contributed by atoms with E-state index in [1.54, 1.807) is 0 Å². The number of nitrogens with one attached hydrogen (secondary N) is 2. The molecule has 4 nitrogen and oxygen atoms in total. The predicted molar refractivity (Wildman–Crippen MR) is 72.5 cm³/mol. The first-order chi connectivity index (χ1) is 8.90. The molecule has 0 saturated carbocycles. The summed E-state index contributed by atoms with van der Waals surface area (Å²) in [6, 6.07) is 3.70. The third kappa shape index (κ3) is 5.26. The zero-order valence-electron chi connectivity index (χ0n) is 10.8. The van der Waals surface area contributed by atoms with Gasteiger partial charge in [0.05, 0.1) is 5.02 Å². The summed E-state index contributed by atoms with van der Waals surface area (Å²) in [5, 5.41) is 4.73. The van der Waals surface area contributed by atoms with Crippen molar-refractivity contribution < 1.29 is 14.0 Å². The topological polar surface area (TPSA) is 58.2 Å². The highest BCUT2D eigenvalue weighted by Gasteiger charge is 2.13. The molecule has 0 spiro atoms. The van der Waals surface area contributed by atoms with Crippen LogP contribution in [-0.2, 0) is 9.59 Å². The van der Waals surface area contributed by atoms with E-state index in [1.807, 2.05) is 13.8 Å². The van der Waals surface area contributed by atoms with E-state index in [2.05, 4.69) is 10.6 Å². The van der Waals surface area contributed by atoms with E-state index >= 15 is 0 Å². The molecule has 104 valence electrons. The number of carbonyl (C=O) groups is 2. The first-order valence-electron chi connectivity index (χ1n) is 5.94. The number of hydrogen-bond donors (Lipinski definition) is 2. The molecule has 0 fully saturated rings. The SMILES string of the molecule is CC(C)CCNC(=O)C(=O)Nc1ccc(F)c(Cl)c1. The van der Waals surface area contributed by atoms with E-state index in [9.17, 15) is 14.0 Å². The molecule has 6 heteroatoms. The minimum absolute atomic E-state index is 0.113. The molecule has 0 heterocycles. The van der Waals surface area contributed by atoms with Crippen LogP contribution in [0.15, 0.2) is 18.2 Å². The first kappa shape index (κ1) is 15.4. The Bertz CT molecular complexity index is 478. The van der Waals surface area contributed by atoms with Gasteiger partial charge in [-0.25, -0.2) is 4.39 Å². The molecule has 2 N–H and O–H groups in total. The fourth-order valence-electron chi connectivity index (χ4n) is 1.32. The standard InChI is InChI=1S/C13H16ClFN2O2/c1-8(2)5-6-16-12(18)13(19)17-9-3-4-11(15)10(14)7-9/h3-4,7-8H,5-6H2,1-2H3,(H,16,18)(H,17,19). The quantitative estimate of drug-likeness (QED) is 0.836. The molecule has 0 bridgehead atoms. The molecule has 1 aromatic rings. The van der Waals surface area contributed by atoms with E-state index in [4.69, 9.17) is 11.6 Å². The van der Waals surface area contributed by atoms with Crippen molar-refractivity contribution in [3.63, 3.8) is 0 Å². The van der Waals surface area contributed by atoms with Crippen LogP contribution in [0.25, 0.3) is 0 Å². The average Bonchev–Trinajstić information content (AvgIpc) is 2.33. The highest BCUT2D eigenvalue weighted by Crippen LogP contribution is 2.19. The van der Waals surface area contributed by atoms with Gasteiger partial charge in [0.1, 0.15) is 5.82 Å². The van der Waals surface area contributed by atoms with Crippen molar-refractivity contribution in [3.8, 4) is 0 Å². The summed E-state index contributed by atoms with van der Waals surface area (Å²) in [5.41, 5.74) is 0.274. The van der Waals surface area contributed by atoms with Gasteiger partial charge >= 0.3 is 11.8 Å². The second-order valence-corrected chi connectivity index (χ2v) is 4.93. The van der Waals surface area contributed by atoms with Crippen LogP contribution in [0, 0.1) is 11.7 Å². The maximum atomic E-state index is 12.9. The van der Waals surface area contributed by atoms with Crippen molar-refractivity contribution in [3.05, 3.63) is 29.0 Å². The Morgan fingerprint density at radius 1 is 1.32 bits per heavy atom. The van der Waals surface area contributed by atoms with Gasteiger partial charge in [0.15, 0.2) is 0 Å². The van der Waals surface area contributed by atoms with Crippen LogP contribution in [0.1, 0.15) is 20.3 Å². The maximum absolute atomic E-state index is 12.9. The van der Waals surface area contributed by atoms with Gasteiger partial charge in [-0.15, -0.1) is 0 Å². The number of rotatable bonds is 4. The van der Waals surface area contributed by atoms with Gasteiger partial charge in [-0.2, -0.15) is 0 Å². The first-order valence-corrected chi connectivity index (χ1v) is 6.32. The zero-order valence-corrected chi connectivity index (χ0v) is 11.6. The molecular formula is C13H16ClFN2O2. The number of hydrogen-bond acceptors (Lipinski definition) is 2. The Balaban J connectivity index is 2.49. The van der Waals surface area contributed by atoms with Gasteiger partial charge in [-0.1, -0.05) is 25.4 Å². The number of benzene rings is 1. The highest BCUT2D eigenvalue weighted by atomic mass is 35.5. The zero-order chi connectivity index (χ0) is 14.4. The van der Waals surface area contributed by atoms with Gasteiger partial charge in [-0.3, -0.25) is 9.59 Å². The summed E-state index contributed by atoms with van der Waals surface area (Å²) >= 11 is 5.57. The lowest BCUT2D eigenvalue weighted by Gasteiger charge is -2.08. The molecule has 2 amide bonds. The van der Waals surface area contributed by atoms with Crippen molar-refractivity contribution >= 4 is 29.1 Å². The van der Waals surface area contributed by atoms with Gasteiger partial charge in [0.25, 0.3) is 0 Å². The summed E-state index contributed by atoms with van der Waals surface area (Å²) in [7, 11) is 0. The van der Waals surface area contributed by atoms with Crippen molar-refractivity contribution in [1.82, 2.24) is 5.32 Å². The van der Waals surface area contributed by atoms with Gasteiger partial charge < -0.3 is 10.6 Å². The largest absolute Gasteiger partial charge is 0.348 e. The summed E-state index contributed by atoms with van der Waals surface area (Å²) in [6.45, 7) is 4.48. The maximum Gasteiger partial charge on any atom is 0.313 e. The number of halogens is 2. The molecule has 19 heavy (non-hydrogen) atoms. The van der Waals surface area contributed by atoms with E-state index in [0.717, 1.165) is 12.5 Å². The number of anilines is 1. The van der Waals surface area contributed by atoms with E-state index in [-0.39, 0.29) is 10.7 Å². The summed E-state index contributed by atoms with van der Waals surface area (Å²) < 4.78 is 12.9. The summed E-state index contributed by atoms with van der Waals surface area (Å²) in [4.78, 5) is 23.0. The molecule has 1 aromatic carbocycles. The Hall–Kier alpha value is -1.62. The van der Waals surface area contributed by atoms with Crippen LogP contribution < -0.4 is 10.6 Å². The molecule has 0 unspecified atom stereocenters. The second kappa shape index (κ2) is 7.09. The second-order valence-electron chi connectivity index (χ2n) is 4.52. The Kier molecular flexibility index (Phi) is 5.76. The lowest BCUT2D eigenvalue weighted by molar-refractivity contribution is -0.136. The van der Waals surface area contributed by atoms with E-state index in [0.29, 0.717) is 12.5 Å². The molecule has 0 aliphatic heterocycles. The fraction of sp³-hybridized carbons (Fsp3) is 0.385. The fourth-order valence-corrected chi connectivity index (χ4v) is 1.50. The Morgan fingerprint density at radius 3 is 2.58 bits per heavy atom. The van der Waals surface area contributed by atoms with Crippen LogP contribution in [0.2, 0.25) is 5.02 Å². The Labute approximate surface area is 116 Å². The van der Waals surface area contributed by atoms with E-state index in [1.165, 1.54) is 12.1 Å². The molecule has 1 rings (SSSR count). The summed E-state index contributed by atoms with van der Waals surface area (Å²) in [6.07, 6.45) is 0.793. The van der Waals surface area contributed by atoms with Gasteiger partial charge in [-0.05, 0) is 30.5 Å². The highest BCUT2D eigenvalue weighted by molar-refractivity contribution is 6.39. The normalized spacial score (nSPS) is 10.4. The third-order valence-electron chi connectivity index (χ3n) is 2.39. The van der Waals surface area contributed by atoms with Crippen molar-refractivity contribution in [1.29, 1.82) is 0 Å². The van der Waals surface area contributed by atoms with Crippen LogP contribution in [0.5, 0.6) is 0 Å².